The van der Waals surface area contributed by atoms with Crippen LogP contribution >= 0.6 is 0 Å². The van der Waals surface area contributed by atoms with E-state index in [-0.39, 0.29) is 6.10 Å². The van der Waals surface area contributed by atoms with Crippen LogP contribution in [0.1, 0.15) is 19.3 Å². The minimum atomic E-state index is 0.0590. The topological polar surface area (TPSA) is 41.8 Å². The van der Waals surface area contributed by atoms with Gasteiger partial charge in [-0.25, -0.2) is 0 Å². The fourth-order valence-electron chi connectivity index (χ4n) is 0.958. The Balaban J connectivity index is 2.23. The Morgan fingerprint density at radius 2 is 2.44 bits per heavy atom. The first kappa shape index (κ1) is 6.55. The summed E-state index contributed by atoms with van der Waals surface area (Å²) in [5.41, 5.74) is 0. The van der Waals surface area contributed by atoms with E-state index in [0.29, 0.717) is 0 Å². The molecular formula is C6H11NO2. The zero-order valence-electron chi connectivity index (χ0n) is 5.29. The van der Waals surface area contributed by atoms with E-state index >= 15 is 0 Å². The van der Waals surface area contributed by atoms with Gasteiger partial charge in [-0.3, -0.25) is 0 Å². The molecule has 0 aliphatic carbocycles. The first-order chi connectivity index (χ1) is 4.43. The quantitative estimate of drug-likeness (QED) is 0.326. The minimum Gasteiger partial charge on any atom is -0.411 e. The lowest BCUT2D eigenvalue weighted by atomic mass is 10.1. The molecular weight excluding hydrogens is 118 g/mol. The number of ether oxygens (including phenoxy) is 1. The van der Waals surface area contributed by atoms with Crippen LogP contribution in [-0.2, 0) is 4.74 Å². The summed E-state index contributed by atoms with van der Waals surface area (Å²) in [4.78, 5) is 0. The van der Waals surface area contributed by atoms with Gasteiger partial charge in [-0.05, 0) is 19.3 Å². The minimum absolute atomic E-state index is 0.0590. The monoisotopic (exact) mass is 129 g/mol. The van der Waals surface area contributed by atoms with Crippen molar-refractivity contribution in [2.75, 3.05) is 6.61 Å². The van der Waals surface area contributed by atoms with Gasteiger partial charge in [0.05, 0.1) is 12.3 Å². The lowest BCUT2D eigenvalue weighted by Gasteiger charge is -2.17. The number of rotatable bonds is 1. The van der Waals surface area contributed by atoms with E-state index in [2.05, 4.69) is 5.16 Å². The number of hydrogen-bond donors (Lipinski definition) is 1. The first-order valence-corrected chi connectivity index (χ1v) is 3.22. The molecule has 1 N–H and O–H groups in total. The van der Waals surface area contributed by atoms with Crippen molar-refractivity contribution in [3.05, 3.63) is 0 Å². The molecule has 1 heterocycles. The lowest BCUT2D eigenvalue weighted by Crippen LogP contribution is -2.19. The van der Waals surface area contributed by atoms with Gasteiger partial charge in [-0.2, -0.15) is 0 Å². The van der Waals surface area contributed by atoms with Crippen molar-refractivity contribution in [1.29, 1.82) is 0 Å². The third-order valence-electron chi connectivity index (χ3n) is 1.45. The molecule has 1 saturated heterocycles. The fourth-order valence-corrected chi connectivity index (χ4v) is 0.958. The van der Waals surface area contributed by atoms with Gasteiger partial charge in [0, 0.05) is 6.61 Å². The second-order valence-electron chi connectivity index (χ2n) is 2.17. The van der Waals surface area contributed by atoms with Gasteiger partial charge >= 0.3 is 0 Å². The van der Waals surface area contributed by atoms with Crippen molar-refractivity contribution in [2.24, 2.45) is 5.16 Å². The van der Waals surface area contributed by atoms with E-state index in [9.17, 15) is 0 Å². The predicted octanol–water partition coefficient (Wildman–Crippen LogP) is 1.02. The van der Waals surface area contributed by atoms with Crippen LogP contribution in [0.5, 0.6) is 0 Å². The largest absolute Gasteiger partial charge is 0.411 e. The van der Waals surface area contributed by atoms with Crippen molar-refractivity contribution in [2.45, 2.75) is 25.4 Å². The Kier molecular flexibility index (Phi) is 2.51. The van der Waals surface area contributed by atoms with Crippen molar-refractivity contribution < 1.29 is 9.94 Å². The molecule has 0 aromatic rings. The average molecular weight is 129 g/mol. The SMILES string of the molecule is ON=CC1CCCCO1. The highest BCUT2D eigenvalue weighted by molar-refractivity contribution is 5.62. The van der Waals surface area contributed by atoms with Crippen LogP contribution in [0.3, 0.4) is 0 Å². The van der Waals surface area contributed by atoms with Gasteiger partial charge < -0.3 is 9.94 Å². The van der Waals surface area contributed by atoms with E-state index in [1.807, 2.05) is 0 Å². The summed E-state index contributed by atoms with van der Waals surface area (Å²) >= 11 is 0. The zero-order valence-corrected chi connectivity index (χ0v) is 5.29. The molecule has 1 atom stereocenters. The molecule has 0 aromatic carbocycles. The average Bonchev–Trinajstić information content (AvgIpc) is 1.91. The van der Waals surface area contributed by atoms with Crippen molar-refractivity contribution >= 4 is 6.21 Å². The molecule has 3 nitrogen and oxygen atoms in total. The normalized spacial score (nSPS) is 29.1. The zero-order chi connectivity index (χ0) is 6.53. The van der Waals surface area contributed by atoms with Gasteiger partial charge in [0.25, 0.3) is 0 Å². The Hall–Kier alpha value is -0.570. The molecule has 1 rings (SSSR count). The lowest BCUT2D eigenvalue weighted by molar-refractivity contribution is 0.0599. The van der Waals surface area contributed by atoms with Crippen LogP contribution in [0, 0.1) is 0 Å². The standard InChI is InChI=1S/C6H11NO2/c8-7-5-6-3-1-2-4-9-6/h5-6,8H,1-4H2. The van der Waals surface area contributed by atoms with Crippen molar-refractivity contribution in [3.63, 3.8) is 0 Å². The van der Waals surface area contributed by atoms with Crippen molar-refractivity contribution in [1.82, 2.24) is 0 Å². The number of oxime groups is 1. The molecule has 1 unspecified atom stereocenters. The molecule has 0 amide bonds. The summed E-state index contributed by atoms with van der Waals surface area (Å²) in [6.45, 7) is 0.802. The van der Waals surface area contributed by atoms with Gasteiger partial charge in [0.2, 0.25) is 0 Å². The van der Waals surface area contributed by atoms with Crippen LogP contribution < -0.4 is 0 Å². The highest BCUT2D eigenvalue weighted by Crippen LogP contribution is 2.10. The Labute approximate surface area is 54.3 Å². The van der Waals surface area contributed by atoms with E-state index in [1.54, 1.807) is 0 Å². The molecule has 0 saturated carbocycles. The molecule has 0 spiro atoms. The van der Waals surface area contributed by atoms with Crippen LogP contribution in [0.15, 0.2) is 5.16 Å². The maximum absolute atomic E-state index is 8.11. The maximum Gasteiger partial charge on any atom is 0.0959 e. The van der Waals surface area contributed by atoms with E-state index < -0.39 is 0 Å². The summed E-state index contributed by atoms with van der Waals surface area (Å²) in [5.74, 6) is 0. The summed E-state index contributed by atoms with van der Waals surface area (Å²) in [6, 6.07) is 0. The molecule has 1 aliphatic heterocycles. The van der Waals surface area contributed by atoms with Crippen LogP contribution in [-0.4, -0.2) is 24.1 Å². The van der Waals surface area contributed by atoms with Crippen LogP contribution in [0.4, 0.5) is 0 Å². The molecule has 52 valence electrons. The van der Waals surface area contributed by atoms with Gasteiger partial charge in [0.15, 0.2) is 0 Å². The Bertz CT molecular complexity index is 97.2. The molecule has 1 aliphatic rings. The maximum atomic E-state index is 8.11. The van der Waals surface area contributed by atoms with Gasteiger partial charge in [0.1, 0.15) is 0 Å². The van der Waals surface area contributed by atoms with E-state index in [1.165, 1.54) is 12.6 Å². The number of nitrogens with zero attached hydrogens (tertiary/aromatic N) is 1. The highest BCUT2D eigenvalue weighted by atomic mass is 16.5. The molecule has 0 aromatic heterocycles. The summed E-state index contributed by atoms with van der Waals surface area (Å²) in [5, 5.41) is 11.0. The second kappa shape index (κ2) is 3.45. The summed E-state index contributed by atoms with van der Waals surface area (Å²) in [7, 11) is 0. The smallest absolute Gasteiger partial charge is 0.0959 e. The third kappa shape index (κ3) is 2.01. The Morgan fingerprint density at radius 1 is 1.56 bits per heavy atom. The molecule has 9 heavy (non-hydrogen) atoms. The van der Waals surface area contributed by atoms with Gasteiger partial charge in [-0.15, -0.1) is 0 Å². The molecule has 3 heteroatoms. The first-order valence-electron chi connectivity index (χ1n) is 3.22. The highest BCUT2D eigenvalue weighted by Gasteiger charge is 2.10. The van der Waals surface area contributed by atoms with E-state index in [4.69, 9.17) is 9.94 Å². The Morgan fingerprint density at radius 3 is 3.00 bits per heavy atom. The van der Waals surface area contributed by atoms with Crippen LogP contribution in [0.2, 0.25) is 0 Å². The predicted molar refractivity (Wildman–Crippen MR) is 33.9 cm³/mol. The molecule has 0 bridgehead atoms. The second-order valence-corrected chi connectivity index (χ2v) is 2.17. The van der Waals surface area contributed by atoms with Crippen molar-refractivity contribution in [3.8, 4) is 0 Å². The van der Waals surface area contributed by atoms with E-state index in [0.717, 1.165) is 19.4 Å². The summed E-state index contributed by atoms with van der Waals surface area (Å²) in [6.07, 6.45) is 4.80. The summed E-state index contributed by atoms with van der Waals surface area (Å²) < 4.78 is 5.21. The molecule has 0 radical (unpaired) electrons. The third-order valence-corrected chi connectivity index (χ3v) is 1.45. The number of hydrogen-bond acceptors (Lipinski definition) is 3. The van der Waals surface area contributed by atoms with Crippen LogP contribution in [0.25, 0.3) is 0 Å². The fraction of sp³-hybridized carbons (Fsp3) is 0.833. The molecule has 1 fully saturated rings. The van der Waals surface area contributed by atoms with Gasteiger partial charge in [-0.1, -0.05) is 5.16 Å².